The van der Waals surface area contributed by atoms with E-state index in [4.69, 9.17) is 0 Å². The lowest BCUT2D eigenvalue weighted by Gasteiger charge is -2.35. The summed E-state index contributed by atoms with van der Waals surface area (Å²) in [5, 5.41) is 3.01. The van der Waals surface area contributed by atoms with Crippen LogP contribution in [0.2, 0.25) is 0 Å². The second-order valence-electron chi connectivity index (χ2n) is 5.63. The van der Waals surface area contributed by atoms with E-state index in [1.54, 1.807) is 6.20 Å². The summed E-state index contributed by atoms with van der Waals surface area (Å²) in [6.07, 6.45) is 2.67. The van der Waals surface area contributed by atoms with Gasteiger partial charge in [-0.15, -0.1) is 0 Å². The van der Waals surface area contributed by atoms with Crippen LogP contribution in [-0.4, -0.2) is 48.6 Å². The summed E-state index contributed by atoms with van der Waals surface area (Å²) in [7, 11) is 0. The van der Waals surface area contributed by atoms with Gasteiger partial charge in [-0.05, 0) is 24.1 Å². The fourth-order valence-corrected chi connectivity index (χ4v) is 2.75. The van der Waals surface area contributed by atoms with Crippen molar-refractivity contribution in [1.82, 2.24) is 15.2 Å². The number of pyridine rings is 1. The monoisotopic (exact) mass is 310 g/mol. The van der Waals surface area contributed by atoms with Gasteiger partial charge < -0.3 is 15.1 Å². The molecule has 0 spiro atoms. The van der Waals surface area contributed by atoms with Crippen LogP contribution in [0.3, 0.4) is 0 Å². The molecular weight excluding hydrogens is 288 g/mol. The summed E-state index contributed by atoms with van der Waals surface area (Å²) >= 11 is 0. The number of aromatic nitrogens is 1. The van der Waals surface area contributed by atoms with Crippen LogP contribution in [0.5, 0.6) is 0 Å². The molecule has 0 aliphatic carbocycles. The maximum Gasteiger partial charge on any atom is 0.317 e. The summed E-state index contributed by atoms with van der Waals surface area (Å²) in [6, 6.07) is 16.2. The molecule has 3 rings (SSSR count). The first-order valence-electron chi connectivity index (χ1n) is 8.05. The quantitative estimate of drug-likeness (QED) is 0.941. The van der Waals surface area contributed by atoms with Crippen molar-refractivity contribution in [2.24, 2.45) is 0 Å². The van der Waals surface area contributed by atoms with E-state index in [9.17, 15) is 4.79 Å². The van der Waals surface area contributed by atoms with E-state index < -0.39 is 0 Å². The van der Waals surface area contributed by atoms with Gasteiger partial charge in [-0.25, -0.2) is 9.78 Å². The maximum absolute atomic E-state index is 12.2. The van der Waals surface area contributed by atoms with E-state index in [1.165, 1.54) is 5.56 Å². The van der Waals surface area contributed by atoms with Gasteiger partial charge >= 0.3 is 6.03 Å². The Morgan fingerprint density at radius 2 is 1.74 bits per heavy atom. The molecule has 0 saturated carbocycles. The minimum Gasteiger partial charge on any atom is -0.353 e. The number of urea groups is 1. The number of carbonyl (C=O) groups is 1. The molecule has 1 aliphatic heterocycles. The van der Waals surface area contributed by atoms with Crippen molar-refractivity contribution in [2.45, 2.75) is 6.42 Å². The van der Waals surface area contributed by atoms with Crippen LogP contribution in [0.15, 0.2) is 54.7 Å². The predicted molar refractivity (Wildman–Crippen MR) is 91.6 cm³/mol. The third-order valence-corrected chi connectivity index (χ3v) is 4.07. The number of nitrogens with zero attached hydrogens (tertiary/aromatic N) is 3. The summed E-state index contributed by atoms with van der Waals surface area (Å²) in [6.45, 7) is 3.77. The Bertz CT molecular complexity index is 609. The molecule has 5 heteroatoms. The number of nitrogens with one attached hydrogen (secondary N) is 1. The number of anilines is 1. The molecule has 5 nitrogen and oxygen atoms in total. The summed E-state index contributed by atoms with van der Waals surface area (Å²) < 4.78 is 0. The Hall–Kier alpha value is -2.56. The number of rotatable bonds is 4. The average Bonchev–Trinajstić information content (AvgIpc) is 2.63. The lowest BCUT2D eigenvalue weighted by molar-refractivity contribution is 0.194. The predicted octanol–water partition coefficient (Wildman–Crippen LogP) is 2.16. The zero-order valence-corrected chi connectivity index (χ0v) is 13.2. The van der Waals surface area contributed by atoms with E-state index in [2.05, 4.69) is 27.3 Å². The summed E-state index contributed by atoms with van der Waals surface area (Å²) in [5.74, 6) is 0.983. The van der Waals surface area contributed by atoms with Crippen LogP contribution >= 0.6 is 0 Å². The molecule has 1 aromatic heterocycles. The van der Waals surface area contributed by atoms with Crippen molar-refractivity contribution in [3.05, 3.63) is 60.3 Å². The molecule has 0 unspecified atom stereocenters. The van der Waals surface area contributed by atoms with Crippen LogP contribution in [0.25, 0.3) is 0 Å². The van der Waals surface area contributed by atoms with Crippen molar-refractivity contribution in [2.75, 3.05) is 37.6 Å². The number of amides is 2. The van der Waals surface area contributed by atoms with Gasteiger partial charge in [0.1, 0.15) is 5.82 Å². The number of carbonyl (C=O) groups excluding carboxylic acids is 1. The standard InChI is InChI=1S/C18H22N4O/c23-18(20-11-9-16-6-2-1-3-7-16)22-14-12-21(13-15-22)17-8-4-5-10-19-17/h1-8,10H,9,11-15H2,(H,20,23). The first kappa shape index (κ1) is 15.3. The van der Waals surface area contributed by atoms with Crippen LogP contribution in [0.4, 0.5) is 10.6 Å². The first-order chi connectivity index (χ1) is 11.3. The minimum atomic E-state index is 0.0293. The Labute approximate surface area is 136 Å². The normalized spacial score (nSPS) is 14.6. The molecular formula is C18H22N4O. The number of piperazine rings is 1. The zero-order chi connectivity index (χ0) is 15.9. The highest BCUT2D eigenvalue weighted by molar-refractivity contribution is 5.74. The molecule has 1 aliphatic rings. The SMILES string of the molecule is O=C(NCCc1ccccc1)N1CCN(c2ccccn2)CC1. The molecule has 120 valence electrons. The lowest BCUT2D eigenvalue weighted by atomic mass is 10.1. The lowest BCUT2D eigenvalue weighted by Crippen LogP contribution is -2.52. The topological polar surface area (TPSA) is 48.5 Å². The number of hydrogen-bond acceptors (Lipinski definition) is 3. The molecule has 0 radical (unpaired) electrons. The molecule has 1 fully saturated rings. The van der Waals surface area contributed by atoms with Gasteiger partial charge in [0.2, 0.25) is 0 Å². The van der Waals surface area contributed by atoms with E-state index in [0.717, 1.165) is 38.4 Å². The second-order valence-corrected chi connectivity index (χ2v) is 5.63. The number of benzene rings is 1. The highest BCUT2D eigenvalue weighted by Crippen LogP contribution is 2.12. The highest BCUT2D eigenvalue weighted by Gasteiger charge is 2.21. The summed E-state index contributed by atoms with van der Waals surface area (Å²) in [4.78, 5) is 20.7. The van der Waals surface area contributed by atoms with Crippen LogP contribution in [-0.2, 0) is 6.42 Å². The average molecular weight is 310 g/mol. The molecule has 2 amide bonds. The van der Waals surface area contributed by atoms with Gasteiger partial charge in [0.15, 0.2) is 0 Å². The van der Waals surface area contributed by atoms with Crippen molar-refractivity contribution < 1.29 is 4.79 Å². The third kappa shape index (κ3) is 4.22. The zero-order valence-electron chi connectivity index (χ0n) is 13.2. The number of hydrogen-bond donors (Lipinski definition) is 1. The Kier molecular flexibility index (Phi) is 5.09. The Morgan fingerprint density at radius 3 is 2.43 bits per heavy atom. The fraction of sp³-hybridized carbons (Fsp3) is 0.333. The second kappa shape index (κ2) is 7.63. The van der Waals surface area contributed by atoms with Crippen LogP contribution in [0.1, 0.15) is 5.56 Å². The van der Waals surface area contributed by atoms with Gasteiger partial charge in [0.05, 0.1) is 0 Å². The van der Waals surface area contributed by atoms with Crippen molar-refractivity contribution in [3.63, 3.8) is 0 Å². The molecule has 1 aromatic carbocycles. The van der Waals surface area contributed by atoms with Crippen LogP contribution < -0.4 is 10.2 Å². The Morgan fingerprint density at radius 1 is 1.00 bits per heavy atom. The minimum absolute atomic E-state index is 0.0293. The van der Waals surface area contributed by atoms with Gasteiger partial charge in [0.25, 0.3) is 0 Å². The van der Waals surface area contributed by atoms with E-state index in [0.29, 0.717) is 6.54 Å². The highest BCUT2D eigenvalue weighted by atomic mass is 16.2. The van der Waals surface area contributed by atoms with Gasteiger partial charge in [-0.1, -0.05) is 36.4 Å². The molecule has 0 bridgehead atoms. The van der Waals surface area contributed by atoms with Gasteiger partial charge in [-0.3, -0.25) is 0 Å². The summed E-state index contributed by atoms with van der Waals surface area (Å²) in [5.41, 5.74) is 1.24. The van der Waals surface area contributed by atoms with Gasteiger partial charge in [0, 0.05) is 38.9 Å². The van der Waals surface area contributed by atoms with E-state index in [-0.39, 0.29) is 6.03 Å². The van der Waals surface area contributed by atoms with Crippen molar-refractivity contribution in [1.29, 1.82) is 0 Å². The van der Waals surface area contributed by atoms with Crippen molar-refractivity contribution in [3.8, 4) is 0 Å². The third-order valence-electron chi connectivity index (χ3n) is 4.07. The molecule has 2 heterocycles. The first-order valence-corrected chi connectivity index (χ1v) is 8.05. The van der Waals surface area contributed by atoms with Gasteiger partial charge in [-0.2, -0.15) is 0 Å². The van der Waals surface area contributed by atoms with E-state index >= 15 is 0 Å². The van der Waals surface area contributed by atoms with Crippen molar-refractivity contribution >= 4 is 11.8 Å². The molecule has 23 heavy (non-hydrogen) atoms. The van der Waals surface area contributed by atoms with E-state index in [1.807, 2.05) is 41.3 Å². The molecule has 2 aromatic rings. The molecule has 1 saturated heterocycles. The fourth-order valence-electron chi connectivity index (χ4n) is 2.75. The molecule has 0 atom stereocenters. The Balaban J connectivity index is 1.41. The molecule has 1 N–H and O–H groups in total. The maximum atomic E-state index is 12.2. The largest absolute Gasteiger partial charge is 0.353 e. The smallest absolute Gasteiger partial charge is 0.317 e. The van der Waals surface area contributed by atoms with Crippen LogP contribution in [0, 0.1) is 0 Å².